The maximum absolute atomic E-state index is 10.7. The summed E-state index contributed by atoms with van der Waals surface area (Å²) in [4.78, 5) is 14.1. The Morgan fingerprint density at radius 3 is 2.36 bits per heavy atom. The quantitative estimate of drug-likeness (QED) is 0.162. The Labute approximate surface area is 77.2 Å². The van der Waals surface area contributed by atoms with E-state index in [0.717, 1.165) is 0 Å². The molecule has 0 aliphatic carbocycles. The summed E-state index contributed by atoms with van der Waals surface area (Å²) in [5.74, 6) is -6.14. The van der Waals surface area contributed by atoms with Crippen LogP contribution in [0.5, 0.6) is 0 Å². The van der Waals surface area contributed by atoms with Gasteiger partial charge in [-0.2, -0.15) is 4.89 Å². The van der Waals surface area contributed by atoms with Gasteiger partial charge in [0.05, 0.1) is 0 Å². The molecular weight excluding hydrogens is 200 g/mol. The van der Waals surface area contributed by atoms with Crippen molar-refractivity contribution >= 4 is 5.97 Å². The van der Waals surface area contributed by atoms with Crippen LogP contribution in [-0.4, -0.2) is 50.2 Å². The topological polar surface area (TPSA) is 137 Å². The highest BCUT2D eigenvalue weighted by Crippen LogP contribution is 2.27. The Kier molecular flexibility index (Phi) is 2.62. The Bertz CT molecular complexity index is 278. The van der Waals surface area contributed by atoms with Gasteiger partial charge in [-0.05, 0) is 0 Å². The van der Waals surface area contributed by atoms with Gasteiger partial charge in [0.2, 0.25) is 11.9 Å². The first-order chi connectivity index (χ1) is 6.46. The van der Waals surface area contributed by atoms with Crippen molar-refractivity contribution in [3.63, 3.8) is 0 Å². The lowest BCUT2D eigenvalue weighted by Gasteiger charge is -2.26. The van der Waals surface area contributed by atoms with Crippen molar-refractivity contribution in [3.8, 4) is 0 Å². The molecule has 0 fully saturated rings. The summed E-state index contributed by atoms with van der Waals surface area (Å²) in [5, 5.41) is 43.9. The van der Waals surface area contributed by atoms with Crippen molar-refractivity contribution in [3.05, 3.63) is 11.5 Å². The third kappa shape index (κ3) is 1.40. The number of aliphatic hydroxyl groups is 4. The second kappa shape index (κ2) is 3.42. The van der Waals surface area contributed by atoms with Gasteiger partial charge >= 0.3 is 5.97 Å². The number of rotatable bonds is 3. The zero-order chi connectivity index (χ0) is 10.9. The lowest BCUT2D eigenvalue weighted by atomic mass is 10.1. The minimum Gasteiger partial charge on any atom is -0.505 e. The monoisotopic (exact) mass is 208 g/mol. The molecule has 0 aromatic rings. The summed E-state index contributed by atoms with van der Waals surface area (Å²) in [6, 6.07) is 0. The van der Waals surface area contributed by atoms with E-state index >= 15 is 0 Å². The van der Waals surface area contributed by atoms with Crippen LogP contribution < -0.4 is 0 Å². The van der Waals surface area contributed by atoms with E-state index in [1.807, 2.05) is 0 Å². The summed E-state index contributed by atoms with van der Waals surface area (Å²) in [7, 11) is 0. The molecule has 5 N–H and O–H groups in total. The third-order valence-electron chi connectivity index (χ3n) is 1.70. The molecule has 0 unspecified atom stereocenters. The van der Waals surface area contributed by atoms with E-state index in [9.17, 15) is 9.90 Å². The van der Waals surface area contributed by atoms with Gasteiger partial charge in [-0.15, -0.1) is 0 Å². The Hall–Kier alpha value is -1.35. The molecule has 0 radical (unpaired) electrons. The molecule has 1 aliphatic heterocycles. The molecule has 0 aromatic carbocycles. The SMILES string of the molecule is O=C1O[C@H]([C@@](O)(CO)OO)C(O)=C1O. The predicted molar refractivity (Wildman–Crippen MR) is 37.9 cm³/mol. The largest absolute Gasteiger partial charge is 0.505 e. The fourth-order valence-electron chi connectivity index (χ4n) is 0.913. The van der Waals surface area contributed by atoms with E-state index in [0.29, 0.717) is 0 Å². The van der Waals surface area contributed by atoms with Gasteiger partial charge in [0.15, 0.2) is 5.76 Å². The molecule has 0 spiro atoms. The molecule has 8 nitrogen and oxygen atoms in total. The minimum absolute atomic E-state index is 1.03. The van der Waals surface area contributed by atoms with Crippen molar-refractivity contribution in [2.45, 2.75) is 11.9 Å². The summed E-state index contributed by atoms with van der Waals surface area (Å²) in [5.41, 5.74) is 0. The van der Waals surface area contributed by atoms with Crippen LogP contribution in [0.15, 0.2) is 11.5 Å². The standard InChI is InChI=1S/C6H8O8/c7-1-6(11,14-12)4-2(8)3(9)5(10)13-4/h4,7-9,11-12H,1H2/t4-,6+/m0/s1. The highest BCUT2D eigenvalue weighted by molar-refractivity contribution is 5.89. The van der Waals surface area contributed by atoms with E-state index in [-0.39, 0.29) is 0 Å². The average molecular weight is 208 g/mol. The van der Waals surface area contributed by atoms with E-state index in [2.05, 4.69) is 9.62 Å². The summed E-state index contributed by atoms with van der Waals surface area (Å²) < 4.78 is 4.22. The number of ether oxygens (including phenoxy) is 1. The molecular formula is C6H8O8. The maximum Gasteiger partial charge on any atom is 0.378 e. The molecule has 0 saturated carbocycles. The molecule has 0 aromatic heterocycles. The number of cyclic esters (lactones) is 1. The molecule has 1 aliphatic rings. The van der Waals surface area contributed by atoms with Crippen LogP contribution in [-0.2, 0) is 14.4 Å². The van der Waals surface area contributed by atoms with Crippen molar-refractivity contribution in [2.75, 3.05) is 6.61 Å². The molecule has 0 bridgehead atoms. The van der Waals surface area contributed by atoms with Gasteiger partial charge in [-0.25, -0.2) is 10.1 Å². The minimum atomic E-state index is -2.70. The fraction of sp³-hybridized carbons (Fsp3) is 0.500. The van der Waals surface area contributed by atoms with Crippen LogP contribution in [0.1, 0.15) is 0 Å². The second-order valence-corrected chi connectivity index (χ2v) is 2.61. The van der Waals surface area contributed by atoms with Crippen molar-refractivity contribution in [1.82, 2.24) is 0 Å². The Morgan fingerprint density at radius 1 is 1.50 bits per heavy atom. The Balaban J connectivity index is 2.97. The number of esters is 1. The number of hydrogen-bond donors (Lipinski definition) is 5. The van der Waals surface area contributed by atoms with Crippen LogP contribution in [0.25, 0.3) is 0 Å². The first-order valence-corrected chi connectivity index (χ1v) is 3.45. The van der Waals surface area contributed by atoms with E-state index < -0.39 is 36.0 Å². The van der Waals surface area contributed by atoms with E-state index in [4.69, 9.17) is 20.6 Å². The van der Waals surface area contributed by atoms with Crippen molar-refractivity contribution < 1.29 is 40.1 Å². The first-order valence-electron chi connectivity index (χ1n) is 3.45. The zero-order valence-electron chi connectivity index (χ0n) is 6.75. The lowest BCUT2D eigenvalue weighted by Crippen LogP contribution is -2.49. The smallest absolute Gasteiger partial charge is 0.378 e. The van der Waals surface area contributed by atoms with Crippen LogP contribution in [0, 0.1) is 0 Å². The molecule has 14 heavy (non-hydrogen) atoms. The summed E-state index contributed by atoms with van der Waals surface area (Å²) in [6.45, 7) is -1.15. The third-order valence-corrected chi connectivity index (χ3v) is 1.70. The van der Waals surface area contributed by atoms with Gasteiger partial charge in [0.25, 0.3) is 5.79 Å². The Morgan fingerprint density at radius 2 is 2.07 bits per heavy atom. The van der Waals surface area contributed by atoms with Crippen LogP contribution in [0.3, 0.4) is 0 Å². The number of carbonyl (C=O) groups excluding carboxylic acids is 1. The molecule has 0 saturated heterocycles. The second-order valence-electron chi connectivity index (χ2n) is 2.61. The van der Waals surface area contributed by atoms with Crippen LogP contribution >= 0.6 is 0 Å². The van der Waals surface area contributed by atoms with Gasteiger partial charge in [0.1, 0.15) is 6.61 Å². The highest BCUT2D eigenvalue weighted by Gasteiger charge is 2.50. The van der Waals surface area contributed by atoms with Crippen molar-refractivity contribution in [1.29, 1.82) is 0 Å². The normalized spacial score (nSPS) is 26.2. The summed E-state index contributed by atoms with van der Waals surface area (Å²) in [6.07, 6.45) is -1.87. The summed E-state index contributed by atoms with van der Waals surface area (Å²) >= 11 is 0. The fourth-order valence-corrected chi connectivity index (χ4v) is 0.913. The van der Waals surface area contributed by atoms with Gasteiger partial charge in [0, 0.05) is 0 Å². The number of hydrogen-bond acceptors (Lipinski definition) is 8. The zero-order valence-corrected chi connectivity index (χ0v) is 6.75. The molecule has 80 valence electrons. The lowest BCUT2D eigenvalue weighted by molar-refractivity contribution is -0.418. The number of carbonyl (C=O) groups is 1. The first kappa shape index (κ1) is 10.7. The predicted octanol–water partition coefficient (Wildman–Crippen LogP) is -1.59. The van der Waals surface area contributed by atoms with E-state index in [1.165, 1.54) is 0 Å². The maximum atomic E-state index is 10.7. The number of aliphatic hydroxyl groups excluding tert-OH is 3. The van der Waals surface area contributed by atoms with Gasteiger partial charge < -0.3 is 25.2 Å². The molecule has 1 heterocycles. The van der Waals surface area contributed by atoms with Crippen LogP contribution in [0.2, 0.25) is 0 Å². The highest BCUT2D eigenvalue weighted by atomic mass is 17.1. The molecule has 2 atom stereocenters. The van der Waals surface area contributed by atoms with Gasteiger partial charge in [-0.1, -0.05) is 0 Å². The molecule has 1 rings (SSSR count). The molecule has 8 heteroatoms. The average Bonchev–Trinajstić information content (AvgIpc) is 2.45. The van der Waals surface area contributed by atoms with Gasteiger partial charge in [-0.3, -0.25) is 0 Å². The molecule has 0 amide bonds. The van der Waals surface area contributed by atoms with E-state index in [1.54, 1.807) is 0 Å². The van der Waals surface area contributed by atoms with Crippen LogP contribution in [0.4, 0.5) is 0 Å². The van der Waals surface area contributed by atoms with Crippen molar-refractivity contribution in [2.24, 2.45) is 0 Å².